The minimum absolute atomic E-state index is 1.10. The lowest BCUT2D eigenvalue weighted by Gasteiger charge is -2.29. The van der Waals surface area contributed by atoms with Crippen LogP contribution in [0.1, 0.15) is 25.0 Å². The zero-order chi connectivity index (χ0) is 10.8. The first kappa shape index (κ1) is 11.2. The monoisotopic (exact) mass is 266 g/mol. The van der Waals surface area contributed by atoms with E-state index in [1.54, 1.807) is 0 Å². The Morgan fingerprint density at radius 2 is 2.13 bits per heavy atom. The normalized spacial score (nSPS) is 16.8. The van der Waals surface area contributed by atoms with Gasteiger partial charge in [0.05, 0.1) is 0 Å². The van der Waals surface area contributed by atoms with Gasteiger partial charge in [-0.1, -0.05) is 35.8 Å². The topological polar surface area (TPSA) is 3.24 Å². The molecule has 1 aliphatic heterocycles. The molecule has 81 valence electrons. The smallest absolute Gasteiger partial charge is 0.0237 e. The van der Waals surface area contributed by atoms with Gasteiger partial charge in [-0.15, -0.1) is 0 Å². The summed E-state index contributed by atoms with van der Waals surface area (Å²) in [6, 6.07) is 6.65. The molecule has 0 fully saturated rings. The van der Waals surface area contributed by atoms with E-state index in [-0.39, 0.29) is 0 Å². The summed E-state index contributed by atoms with van der Waals surface area (Å²) in [5, 5.41) is 0. The maximum absolute atomic E-state index is 3.54. The molecule has 0 aliphatic carbocycles. The average molecular weight is 267 g/mol. The lowest BCUT2D eigenvalue weighted by Crippen LogP contribution is -2.32. The zero-order valence-electron chi connectivity index (χ0n) is 9.39. The van der Waals surface area contributed by atoms with E-state index in [4.69, 9.17) is 0 Å². The van der Waals surface area contributed by atoms with Crippen LogP contribution in [0, 0.1) is 5.92 Å². The van der Waals surface area contributed by atoms with Crippen molar-refractivity contribution in [2.45, 2.75) is 26.8 Å². The Morgan fingerprint density at radius 1 is 1.33 bits per heavy atom. The van der Waals surface area contributed by atoms with Gasteiger partial charge in [0.25, 0.3) is 0 Å². The molecule has 0 atom stereocenters. The predicted molar refractivity (Wildman–Crippen MR) is 67.7 cm³/mol. The van der Waals surface area contributed by atoms with Crippen molar-refractivity contribution < 1.29 is 0 Å². The molecule has 0 N–H and O–H groups in total. The first-order chi connectivity index (χ1) is 7.15. The van der Waals surface area contributed by atoms with Gasteiger partial charge in [0.1, 0.15) is 0 Å². The Morgan fingerprint density at radius 3 is 2.87 bits per heavy atom. The van der Waals surface area contributed by atoms with E-state index in [0.29, 0.717) is 0 Å². The molecule has 0 saturated heterocycles. The van der Waals surface area contributed by atoms with Crippen molar-refractivity contribution in [3.8, 4) is 0 Å². The summed E-state index contributed by atoms with van der Waals surface area (Å²) in [6.07, 6.45) is 1.19. The summed E-state index contributed by atoms with van der Waals surface area (Å²) >= 11 is 3.54. The van der Waals surface area contributed by atoms with Crippen LogP contribution in [0.4, 0.5) is 0 Å². The van der Waals surface area contributed by atoms with Crippen LogP contribution in [-0.4, -0.2) is 18.0 Å². The molecule has 0 spiro atoms. The van der Waals surface area contributed by atoms with Crippen LogP contribution in [0.3, 0.4) is 0 Å². The lowest BCUT2D eigenvalue weighted by atomic mass is 9.99. The van der Waals surface area contributed by atoms with Gasteiger partial charge in [0, 0.05) is 24.1 Å². The molecule has 1 aliphatic rings. The third-order valence-electron chi connectivity index (χ3n) is 2.80. The fraction of sp³-hybridized carbons (Fsp3) is 0.462. The number of fused-ring (bicyclic) bond motifs is 1. The van der Waals surface area contributed by atoms with Gasteiger partial charge in [-0.3, -0.25) is 4.90 Å². The van der Waals surface area contributed by atoms with E-state index in [1.807, 2.05) is 0 Å². The standard InChI is InChI=1S/C13H17BrN/c1-10(2)8-15-6-5-11-3-4-13(14)7-12(11)9-15/h3-4,7H,5-6,8-9H2,1-2H3. The quantitative estimate of drug-likeness (QED) is 0.793. The Balaban J connectivity index is 2.11. The van der Waals surface area contributed by atoms with E-state index in [1.165, 1.54) is 34.5 Å². The minimum atomic E-state index is 1.10. The molecule has 2 heteroatoms. The molecule has 1 nitrogen and oxygen atoms in total. The van der Waals surface area contributed by atoms with Gasteiger partial charge in [-0.2, -0.15) is 0 Å². The number of nitrogens with zero attached hydrogens (tertiary/aromatic N) is 1. The van der Waals surface area contributed by atoms with Gasteiger partial charge in [-0.05, 0) is 35.6 Å². The van der Waals surface area contributed by atoms with E-state index in [0.717, 1.165) is 13.1 Å². The molecule has 0 amide bonds. The summed E-state index contributed by atoms with van der Waals surface area (Å²) in [7, 11) is 0. The Kier molecular flexibility index (Phi) is 3.47. The summed E-state index contributed by atoms with van der Waals surface area (Å²) in [4.78, 5) is 2.52. The average Bonchev–Trinajstić information content (AvgIpc) is 2.16. The number of rotatable bonds is 2. The van der Waals surface area contributed by atoms with Gasteiger partial charge in [0.15, 0.2) is 0 Å². The van der Waals surface area contributed by atoms with Crippen LogP contribution in [0.25, 0.3) is 0 Å². The molecule has 0 unspecified atom stereocenters. The molecule has 0 saturated carbocycles. The van der Waals surface area contributed by atoms with E-state index >= 15 is 0 Å². The van der Waals surface area contributed by atoms with E-state index < -0.39 is 0 Å². The van der Waals surface area contributed by atoms with Crippen LogP contribution in [0.5, 0.6) is 0 Å². The van der Waals surface area contributed by atoms with Crippen molar-refractivity contribution in [2.24, 2.45) is 0 Å². The molecule has 1 aromatic rings. The van der Waals surface area contributed by atoms with Crippen molar-refractivity contribution >= 4 is 15.9 Å². The Bertz CT molecular complexity index is 346. The first-order valence-electron chi connectivity index (χ1n) is 5.44. The Labute approximate surface area is 101 Å². The molecular formula is C13H17BrN. The number of hydrogen-bond acceptors (Lipinski definition) is 1. The highest BCUT2D eigenvalue weighted by atomic mass is 79.9. The second kappa shape index (κ2) is 4.67. The van der Waals surface area contributed by atoms with Crippen LogP contribution in [-0.2, 0) is 13.0 Å². The molecule has 1 heterocycles. The summed E-state index contributed by atoms with van der Waals surface area (Å²) in [6.45, 7) is 7.83. The van der Waals surface area contributed by atoms with Crippen molar-refractivity contribution in [1.29, 1.82) is 0 Å². The largest absolute Gasteiger partial charge is 0.298 e. The second-order valence-corrected chi connectivity index (χ2v) is 5.50. The fourth-order valence-corrected chi connectivity index (χ4v) is 2.57. The molecule has 1 aromatic carbocycles. The molecule has 1 radical (unpaired) electrons. The van der Waals surface area contributed by atoms with E-state index in [9.17, 15) is 0 Å². The van der Waals surface area contributed by atoms with Gasteiger partial charge in [-0.25, -0.2) is 0 Å². The summed E-state index contributed by atoms with van der Waals surface area (Å²) in [5.74, 6) is 1.49. The highest BCUT2D eigenvalue weighted by molar-refractivity contribution is 9.10. The van der Waals surface area contributed by atoms with Crippen LogP contribution in [0.2, 0.25) is 0 Å². The molecule has 15 heavy (non-hydrogen) atoms. The zero-order valence-corrected chi connectivity index (χ0v) is 11.0. The maximum atomic E-state index is 3.54. The predicted octanol–water partition coefficient (Wildman–Crippen LogP) is 3.42. The van der Waals surface area contributed by atoms with E-state index in [2.05, 4.69) is 52.9 Å². The SMILES string of the molecule is C[C](C)CN1CCc2ccc(Br)cc2C1. The van der Waals surface area contributed by atoms with Crippen molar-refractivity contribution in [1.82, 2.24) is 4.90 Å². The third-order valence-corrected chi connectivity index (χ3v) is 3.29. The molecular weight excluding hydrogens is 250 g/mol. The van der Waals surface area contributed by atoms with Gasteiger partial charge < -0.3 is 0 Å². The van der Waals surface area contributed by atoms with Crippen molar-refractivity contribution in [3.05, 3.63) is 39.7 Å². The van der Waals surface area contributed by atoms with Crippen molar-refractivity contribution in [2.75, 3.05) is 13.1 Å². The number of benzene rings is 1. The van der Waals surface area contributed by atoms with Crippen molar-refractivity contribution in [3.63, 3.8) is 0 Å². The van der Waals surface area contributed by atoms with Crippen LogP contribution in [0.15, 0.2) is 22.7 Å². The first-order valence-corrected chi connectivity index (χ1v) is 6.23. The molecule has 0 aromatic heterocycles. The maximum Gasteiger partial charge on any atom is 0.0237 e. The van der Waals surface area contributed by atoms with Gasteiger partial charge in [0.2, 0.25) is 0 Å². The molecule has 0 bridgehead atoms. The Hall–Kier alpha value is -0.340. The number of hydrogen-bond donors (Lipinski definition) is 0. The molecule has 2 rings (SSSR count). The highest BCUT2D eigenvalue weighted by Crippen LogP contribution is 2.23. The summed E-state index contributed by atoms with van der Waals surface area (Å²) < 4.78 is 1.19. The van der Waals surface area contributed by atoms with Crippen LogP contribution >= 0.6 is 15.9 Å². The number of halogens is 1. The second-order valence-electron chi connectivity index (χ2n) is 4.58. The van der Waals surface area contributed by atoms with Gasteiger partial charge >= 0.3 is 0 Å². The van der Waals surface area contributed by atoms with Crippen LogP contribution < -0.4 is 0 Å². The minimum Gasteiger partial charge on any atom is -0.298 e. The third kappa shape index (κ3) is 2.82. The summed E-state index contributed by atoms with van der Waals surface area (Å²) in [5.41, 5.74) is 3.00. The fourth-order valence-electron chi connectivity index (χ4n) is 2.17. The highest BCUT2D eigenvalue weighted by Gasteiger charge is 2.16. The lowest BCUT2D eigenvalue weighted by molar-refractivity contribution is 0.264.